The second kappa shape index (κ2) is 7.60. The Morgan fingerprint density at radius 1 is 1.42 bits per heavy atom. The summed E-state index contributed by atoms with van der Waals surface area (Å²) in [6.07, 6.45) is 7.50. The Morgan fingerprint density at radius 2 is 2.16 bits per heavy atom. The van der Waals surface area contributed by atoms with E-state index in [1.807, 2.05) is 12.3 Å². The molecule has 0 bridgehead atoms. The molecule has 4 nitrogen and oxygen atoms in total. The van der Waals surface area contributed by atoms with Crippen LogP contribution < -0.4 is 5.32 Å². The molecule has 19 heavy (non-hydrogen) atoms. The second-order valence-electron chi connectivity index (χ2n) is 5.01. The van der Waals surface area contributed by atoms with Gasteiger partial charge in [-0.3, -0.25) is 4.98 Å². The van der Waals surface area contributed by atoms with Gasteiger partial charge < -0.3 is 5.32 Å². The minimum atomic E-state index is -2.88. The molecule has 1 aromatic heterocycles. The second-order valence-corrected chi connectivity index (χ2v) is 7.27. The van der Waals surface area contributed by atoms with Crippen molar-refractivity contribution in [2.24, 2.45) is 0 Å². The predicted octanol–water partition coefficient (Wildman–Crippen LogP) is 2.26. The Bertz CT molecular complexity index is 486. The molecule has 1 rings (SSSR count). The fourth-order valence-electron chi connectivity index (χ4n) is 2.08. The maximum absolute atomic E-state index is 11.2. The van der Waals surface area contributed by atoms with Gasteiger partial charge in [0.1, 0.15) is 9.84 Å². The summed E-state index contributed by atoms with van der Waals surface area (Å²) in [5.74, 6) is 0.247. The zero-order chi connectivity index (χ0) is 14.3. The number of pyridine rings is 1. The molecule has 0 aliphatic heterocycles. The van der Waals surface area contributed by atoms with Gasteiger partial charge in [-0.15, -0.1) is 0 Å². The van der Waals surface area contributed by atoms with Crippen molar-refractivity contribution in [1.29, 1.82) is 0 Å². The van der Waals surface area contributed by atoms with E-state index in [1.54, 1.807) is 6.20 Å². The number of rotatable bonds is 8. The van der Waals surface area contributed by atoms with Crippen molar-refractivity contribution in [1.82, 2.24) is 10.3 Å². The number of sulfone groups is 1. The minimum absolute atomic E-state index is 0.190. The molecule has 108 valence electrons. The van der Waals surface area contributed by atoms with E-state index in [2.05, 4.69) is 24.1 Å². The highest BCUT2D eigenvalue weighted by Crippen LogP contribution is 2.21. The number of aromatic nitrogens is 1. The van der Waals surface area contributed by atoms with Gasteiger partial charge in [-0.05, 0) is 49.9 Å². The summed E-state index contributed by atoms with van der Waals surface area (Å²) in [6, 6.07) is 2.18. The highest BCUT2D eigenvalue weighted by atomic mass is 32.2. The number of nitrogens with zero attached hydrogens (tertiary/aromatic N) is 1. The smallest absolute Gasteiger partial charge is 0.147 e. The number of hydrogen-bond acceptors (Lipinski definition) is 4. The van der Waals surface area contributed by atoms with Crippen molar-refractivity contribution in [2.45, 2.75) is 39.2 Å². The third-order valence-electron chi connectivity index (χ3n) is 3.10. The van der Waals surface area contributed by atoms with Crippen LogP contribution in [0.1, 0.15) is 43.4 Å². The largest absolute Gasteiger partial charge is 0.310 e. The SMILES string of the molecule is CCCNC(CCCS(C)(=O)=O)c1cnccc1C. The van der Waals surface area contributed by atoms with E-state index in [4.69, 9.17) is 0 Å². The van der Waals surface area contributed by atoms with Crippen LogP contribution in [-0.4, -0.2) is 32.0 Å². The number of nitrogens with one attached hydrogen (secondary N) is 1. The third kappa shape index (κ3) is 6.16. The standard InChI is InChI=1S/C14H24N2O2S/c1-4-8-16-14(6-5-10-19(3,17)18)13-11-15-9-7-12(13)2/h7,9,11,14,16H,4-6,8,10H2,1-3H3. The van der Waals surface area contributed by atoms with Gasteiger partial charge in [0.05, 0.1) is 0 Å². The average Bonchev–Trinajstić information content (AvgIpc) is 2.33. The molecular formula is C14H24N2O2S. The molecule has 0 aliphatic rings. The fraction of sp³-hybridized carbons (Fsp3) is 0.643. The Labute approximate surface area is 116 Å². The van der Waals surface area contributed by atoms with Crippen LogP contribution in [0.25, 0.3) is 0 Å². The lowest BCUT2D eigenvalue weighted by atomic mass is 10.00. The quantitative estimate of drug-likeness (QED) is 0.795. The van der Waals surface area contributed by atoms with Gasteiger partial charge in [0.25, 0.3) is 0 Å². The highest BCUT2D eigenvalue weighted by Gasteiger charge is 2.14. The predicted molar refractivity (Wildman–Crippen MR) is 79.0 cm³/mol. The van der Waals surface area contributed by atoms with E-state index >= 15 is 0 Å². The summed E-state index contributed by atoms with van der Waals surface area (Å²) in [4.78, 5) is 4.17. The molecule has 1 aromatic rings. The number of hydrogen-bond donors (Lipinski definition) is 1. The summed E-state index contributed by atoms with van der Waals surface area (Å²) < 4.78 is 22.4. The molecule has 1 atom stereocenters. The summed E-state index contributed by atoms with van der Waals surface area (Å²) >= 11 is 0. The minimum Gasteiger partial charge on any atom is -0.310 e. The maximum atomic E-state index is 11.2. The van der Waals surface area contributed by atoms with E-state index in [-0.39, 0.29) is 11.8 Å². The van der Waals surface area contributed by atoms with Crippen LogP contribution in [-0.2, 0) is 9.84 Å². The van der Waals surface area contributed by atoms with Gasteiger partial charge in [-0.1, -0.05) is 6.92 Å². The Balaban J connectivity index is 2.69. The topological polar surface area (TPSA) is 59.1 Å². The van der Waals surface area contributed by atoms with Crippen molar-refractivity contribution >= 4 is 9.84 Å². The van der Waals surface area contributed by atoms with E-state index in [1.165, 1.54) is 17.4 Å². The van der Waals surface area contributed by atoms with E-state index in [0.717, 1.165) is 19.4 Å². The molecule has 1 N–H and O–H groups in total. The van der Waals surface area contributed by atoms with Gasteiger partial charge in [-0.25, -0.2) is 8.42 Å². The van der Waals surface area contributed by atoms with Crippen LogP contribution in [0.2, 0.25) is 0 Å². The highest BCUT2D eigenvalue weighted by molar-refractivity contribution is 7.90. The molecule has 0 aromatic carbocycles. The lowest BCUT2D eigenvalue weighted by molar-refractivity contribution is 0.489. The molecule has 0 fully saturated rings. The van der Waals surface area contributed by atoms with E-state index in [9.17, 15) is 8.42 Å². The van der Waals surface area contributed by atoms with Crippen molar-refractivity contribution in [3.05, 3.63) is 29.6 Å². The van der Waals surface area contributed by atoms with Crippen LogP contribution in [0.15, 0.2) is 18.5 Å². The van der Waals surface area contributed by atoms with Crippen LogP contribution in [0.4, 0.5) is 0 Å². The first-order chi connectivity index (χ1) is 8.94. The van der Waals surface area contributed by atoms with E-state index in [0.29, 0.717) is 6.42 Å². The van der Waals surface area contributed by atoms with Crippen molar-refractivity contribution in [3.8, 4) is 0 Å². The molecule has 1 unspecified atom stereocenters. The van der Waals surface area contributed by atoms with E-state index < -0.39 is 9.84 Å². The Kier molecular flexibility index (Phi) is 6.45. The van der Waals surface area contributed by atoms with Crippen molar-refractivity contribution < 1.29 is 8.42 Å². The molecule has 5 heteroatoms. The van der Waals surface area contributed by atoms with Gasteiger partial charge in [0.2, 0.25) is 0 Å². The summed E-state index contributed by atoms with van der Waals surface area (Å²) in [7, 11) is -2.88. The molecule has 0 saturated carbocycles. The summed E-state index contributed by atoms with van der Waals surface area (Å²) in [5, 5.41) is 3.48. The fourth-order valence-corrected chi connectivity index (χ4v) is 2.77. The normalized spacial score (nSPS) is 13.4. The number of aryl methyl sites for hydroxylation is 1. The Hall–Kier alpha value is -0.940. The zero-order valence-electron chi connectivity index (χ0n) is 12.0. The first-order valence-electron chi connectivity index (χ1n) is 6.75. The van der Waals surface area contributed by atoms with Gasteiger partial charge in [0, 0.05) is 30.4 Å². The third-order valence-corrected chi connectivity index (χ3v) is 4.13. The lowest BCUT2D eigenvalue weighted by Crippen LogP contribution is -2.23. The molecule has 0 amide bonds. The molecule has 0 saturated heterocycles. The van der Waals surface area contributed by atoms with Crippen LogP contribution in [0, 0.1) is 6.92 Å². The summed E-state index contributed by atoms with van der Waals surface area (Å²) in [6.45, 7) is 5.11. The molecular weight excluding hydrogens is 260 g/mol. The maximum Gasteiger partial charge on any atom is 0.147 e. The first-order valence-corrected chi connectivity index (χ1v) is 8.81. The Morgan fingerprint density at radius 3 is 2.74 bits per heavy atom. The lowest BCUT2D eigenvalue weighted by Gasteiger charge is -2.20. The molecule has 0 spiro atoms. The monoisotopic (exact) mass is 284 g/mol. The van der Waals surface area contributed by atoms with Crippen molar-refractivity contribution in [3.63, 3.8) is 0 Å². The van der Waals surface area contributed by atoms with Crippen LogP contribution in [0.3, 0.4) is 0 Å². The molecule has 0 radical (unpaired) electrons. The van der Waals surface area contributed by atoms with Crippen molar-refractivity contribution in [2.75, 3.05) is 18.6 Å². The zero-order valence-corrected chi connectivity index (χ0v) is 12.8. The van der Waals surface area contributed by atoms with Gasteiger partial charge >= 0.3 is 0 Å². The van der Waals surface area contributed by atoms with Crippen LogP contribution >= 0.6 is 0 Å². The first kappa shape index (κ1) is 16.1. The average molecular weight is 284 g/mol. The van der Waals surface area contributed by atoms with Gasteiger partial charge in [-0.2, -0.15) is 0 Å². The van der Waals surface area contributed by atoms with Gasteiger partial charge in [0.15, 0.2) is 0 Å². The molecule has 1 heterocycles. The molecule has 0 aliphatic carbocycles. The summed E-state index contributed by atoms with van der Waals surface area (Å²) in [5.41, 5.74) is 2.37. The van der Waals surface area contributed by atoms with Crippen LogP contribution in [0.5, 0.6) is 0 Å².